The summed E-state index contributed by atoms with van der Waals surface area (Å²) in [6.45, 7) is 3.47. The van der Waals surface area contributed by atoms with E-state index in [2.05, 4.69) is 24.4 Å². The quantitative estimate of drug-likeness (QED) is 0.702. The molecule has 0 aliphatic heterocycles. The zero-order valence-corrected chi connectivity index (χ0v) is 12.1. The van der Waals surface area contributed by atoms with Crippen molar-refractivity contribution in [3.8, 4) is 5.75 Å². The maximum Gasteiger partial charge on any atom is 0.142 e. The van der Waals surface area contributed by atoms with Crippen LogP contribution in [0.4, 0.5) is 5.69 Å². The van der Waals surface area contributed by atoms with Crippen molar-refractivity contribution in [2.24, 2.45) is 0 Å². The van der Waals surface area contributed by atoms with Gasteiger partial charge in [0, 0.05) is 5.39 Å². The zero-order valence-electron chi connectivity index (χ0n) is 12.1. The highest BCUT2D eigenvalue weighted by Gasteiger charge is 2.05. The molecule has 0 saturated carbocycles. The van der Waals surface area contributed by atoms with E-state index in [4.69, 9.17) is 9.15 Å². The number of nitrogens with one attached hydrogen (secondary N) is 1. The molecular weight excluding hydrogens is 262 g/mol. The molecule has 2 aromatic carbocycles. The fourth-order valence-corrected chi connectivity index (χ4v) is 2.26. The molecule has 0 spiro atoms. The van der Waals surface area contributed by atoms with Crippen LogP contribution in [0.5, 0.6) is 5.75 Å². The molecule has 0 aliphatic rings. The third-order valence-corrected chi connectivity index (χ3v) is 3.28. The summed E-state index contributed by atoms with van der Waals surface area (Å²) in [5.74, 6) is 1.80. The van der Waals surface area contributed by atoms with Crippen LogP contribution in [-0.2, 0) is 6.54 Å². The van der Waals surface area contributed by atoms with Crippen molar-refractivity contribution >= 4 is 16.7 Å². The number of furan rings is 1. The number of para-hydroxylation sites is 3. The van der Waals surface area contributed by atoms with Crippen LogP contribution in [-0.4, -0.2) is 6.61 Å². The third-order valence-electron chi connectivity index (χ3n) is 3.28. The van der Waals surface area contributed by atoms with Gasteiger partial charge in [0.05, 0.1) is 18.8 Å². The van der Waals surface area contributed by atoms with Crippen LogP contribution in [0.2, 0.25) is 0 Å². The predicted octanol–water partition coefficient (Wildman–Crippen LogP) is 4.83. The van der Waals surface area contributed by atoms with Crippen LogP contribution < -0.4 is 10.1 Å². The molecule has 0 radical (unpaired) electrons. The SMILES string of the molecule is CCCOc1ccccc1NCc1cc2ccccc2o1. The van der Waals surface area contributed by atoms with E-state index in [9.17, 15) is 0 Å². The second-order valence-corrected chi connectivity index (χ2v) is 4.95. The summed E-state index contributed by atoms with van der Waals surface area (Å²) < 4.78 is 11.5. The van der Waals surface area contributed by atoms with Gasteiger partial charge in [-0.2, -0.15) is 0 Å². The molecule has 1 heterocycles. The molecule has 1 aromatic heterocycles. The Kier molecular flexibility index (Phi) is 4.10. The minimum absolute atomic E-state index is 0.640. The predicted molar refractivity (Wildman–Crippen MR) is 85.8 cm³/mol. The molecule has 108 valence electrons. The van der Waals surface area contributed by atoms with E-state index in [1.54, 1.807) is 0 Å². The van der Waals surface area contributed by atoms with E-state index in [1.807, 2.05) is 42.5 Å². The second kappa shape index (κ2) is 6.35. The van der Waals surface area contributed by atoms with Crippen molar-refractivity contribution in [2.75, 3.05) is 11.9 Å². The molecule has 1 N–H and O–H groups in total. The number of benzene rings is 2. The molecular formula is C18H19NO2. The average Bonchev–Trinajstić information content (AvgIpc) is 2.94. The molecule has 0 bridgehead atoms. The lowest BCUT2D eigenvalue weighted by Gasteiger charge is -2.11. The van der Waals surface area contributed by atoms with E-state index < -0.39 is 0 Å². The highest BCUT2D eigenvalue weighted by atomic mass is 16.5. The first-order chi connectivity index (χ1) is 10.4. The van der Waals surface area contributed by atoms with Gasteiger partial charge in [-0.1, -0.05) is 37.3 Å². The Bertz CT molecular complexity index is 685. The van der Waals surface area contributed by atoms with Gasteiger partial charge in [0.25, 0.3) is 0 Å². The minimum atomic E-state index is 0.640. The third kappa shape index (κ3) is 3.19. The Hall–Kier alpha value is -2.42. The Morgan fingerprint density at radius 1 is 1.05 bits per heavy atom. The van der Waals surface area contributed by atoms with Crippen molar-refractivity contribution in [1.82, 2.24) is 0 Å². The molecule has 0 atom stereocenters. The highest BCUT2D eigenvalue weighted by Crippen LogP contribution is 2.25. The first-order valence-electron chi connectivity index (χ1n) is 7.30. The maximum absolute atomic E-state index is 5.81. The van der Waals surface area contributed by atoms with Crippen molar-refractivity contribution in [3.63, 3.8) is 0 Å². The first kappa shape index (κ1) is 13.6. The lowest BCUT2D eigenvalue weighted by atomic mass is 10.2. The maximum atomic E-state index is 5.81. The van der Waals surface area contributed by atoms with Crippen LogP contribution in [0.3, 0.4) is 0 Å². The lowest BCUT2D eigenvalue weighted by molar-refractivity contribution is 0.319. The molecule has 0 saturated heterocycles. The Morgan fingerprint density at radius 2 is 1.86 bits per heavy atom. The summed E-state index contributed by atoms with van der Waals surface area (Å²) in [5, 5.41) is 4.51. The smallest absolute Gasteiger partial charge is 0.142 e. The number of fused-ring (bicyclic) bond motifs is 1. The van der Waals surface area contributed by atoms with Gasteiger partial charge in [0.2, 0.25) is 0 Å². The number of rotatable bonds is 6. The Balaban J connectivity index is 1.72. The van der Waals surface area contributed by atoms with Gasteiger partial charge in [-0.05, 0) is 30.7 Å². The number of ether oxygens (including phenoxy) is 1. The van der Waals surface area contributed by atoms with Gasteiger partial charge in [-0.25, -0.2) is 0 Å². The van der Waals surface area contributed by atoms with Gasteiger partial charge in [-0.15, -0.1) is 0 Å². The molecule has 0 aliphatic carbocycles. The minimum Gasteiger partial charge on any atom is -0.491 e. The summed E-state index contributed by atoms with van der Waals surface area (Å²) >= 11 is 0. The van der Waals surface area contributed by atoms with Crippen molar-refractivity contribution in [2.45, 2.75) is 19.9 Å². The van der Waals surface area contributed by atoms with E-state index in [1.165, 1.54) is 0 Å². The van der Waals surface area contributed by atoms with Crippen LogP contribution in [0.25, 0.3) is 11.0 Å². The summed E-state index contributed by atoms with van der Waals surface area (Å²) in [5.41, 5.74) is 1.91. The first-order valence-corrected chi connectivity index (χ1v) is 7.30. The van der Waals surface area contributed by atoms with Crippen LogP contribution >= 0.6 is 0 Å². The monoisotopic (exact) mass is 281 g/mol. The van der Waals surface area contributed by atoms with Gasteiger partial charge in [0.1, 0.15) is 17.1 Å². The molecule has 0 unspecified atom stereocenters. The molecule has 3 rings (SSSR count). The standard InChI is InChI=1S/C18H19NO2/c1-2-11-20-18-10-6-4-8-16(18)19-13-15-12-14-7-3-5-9-17(14)21-15/h3-10,12,19H,2,11,13H2,1H3. The van der Waals surface area contributed by atoms with Gasteiger partial charge in [0.15, 0.2) is 0 Å². The number of hydrogen-bond donors (Lipinski definition) is 1. The fourth-order valence-electron chi connectivity index (χ4n) is 2.26. The highest BCUT2D eigenvalue weighted by molar-refractivity contribution is 5.77. The van der Waals surface area contributed by atoms with E-state index in [0.29, 0.717) is 6.54 Å². The number of hydrogen-bond acceptors (Lipinski definition) is 3. The Morgan fingerprint density at radius 3 is 2.71 bits per heavy atom. The van der Waals surface area contributed by atoms with E-state index in [0.717, 1.165) is 41.2 Å². The van der Waals surface area contributed by atoms with E-state index >= 15 is 0 Å². The van der Waals surface area contributed by atoms with Crippen molar-refractivity contribution < 1.29 is 9.15 Å². The fraction of sp³-hybridized carbons (Fsp3) is 0.222. The molecule has 0 fully saturated rings. The summed E-state index contributed by atoms with van der Waals surface area (Å²) in [6.07, 6.45) is 0.998. The number of anilines is 1. The summed E-state index contributed by atoms with van der Waals surface area (Å²) in [7, 11) is 0. The zero-order chi connectivity index (χ0) is 14.5. The lowest BCUT2D eigenvalue weighted by Crippen LogP contribution is -2.02. The second-order valence-electron chi connectivity index (χ2n) is 4.95. The molecule has 0 amide bonds. The normalized spacial score (nSPS) is 10.7. The largest absolute Gasteiger partial charge is 0.491 e. The van der Waals surface area contributed by atoms with E-state index in [-0.39, 0.29) is 0 Å². The van der Waals surface area contributed by atoms with Gasteiger partial charge < -0.3 is 14.5 Å². The average molecular weight is 281 g/mol. The summed E-state index contributed by atoms with van der Waals surface area (Å²) in [6, 6.07) is 18.1. The van der Waals surface area contributed by atoms with Gasteiger partial charge >= 0.3 is 0 Å². The molecule has 21 heavy (non-hydrogen) atoms. The van der Waals surface area contributed by atoms with Gasteiger partial charge in [-0.3, -0.25) is 0 Å². The van der Waals surface area contributed by atoms with Crippen LogP contribution in [0, 0.1) is 0 Å². The van der Waals surface area contributed by atoms with Crippen molar-refractivity contribution in [1.29, 1.82) is 0 Å². The van der Waals surface area contributed by atoms with Crippen LogP contribution in [0.15, 0.2) is 59.0 Å². The van der Waals surface area contributed by atoms with Crippen molar-refractivity contribution in [3.05, 3.63) is 60.4 Å². The summed E-state index contributed by atoms with van der Waals surface area (Å²) in [4.78, 5) is 0. The molecule has 3 aromatic rings. The molecule has 3 nitrogen and oxygen atoms in total. The van der Waals surface area contributed by atoms with Crippen LogP contribution in [0.1, 0.15) is 19.1 Å². The topological polar surface area (TPSA) is 34.4 Å². The Labute approximate surface area is 124 Å². The molecule has 3 heteroatoms.